The molecule has 0 saturated carbocycles. The van der Waals surface area contributed by atoms with Gasteiger partial charge in [-0.05, 0) is 86.4 Å². The minimum atomic E-state index is 0.0599. The summed E-state index contributed by atoms with van der Waals surface area (Å²) in [7, 11) is 0. The van der Waals surface area contributed by atoms with E-state index in [1.165, 1.54) is 55.6 Å². The van der Waals surface area contributed by atoms with E-state index in [1.807, 2.05) is 0 Å². The third kappa shape index (κ3) is 3.04. The van der Waals surface area contributed by atoms with Crippen molar-refractivity contribution in [2.24, 2.45) is 0 Å². The summed E-state index contributed by atoms with van der Waals surface area (Å²) in [6, 6.07) is 32.5. The number of fused-ring (bicyclic) bond motifs is 6. The molecule has 0 atom stereocenters. The highest BCUT2D eigenvalue weighted by atomic mass is 14.5. The lowest BCUT2D eigenvalue weighted by Gasteiger charge is -2.27. The van der Waals surface area contributed by atoms with Gasteiger partial charge in [0.15, 0.2) is 0 Å². The normalized spacial score (nSPS) is 15.2. The topological polar surface area (TPSA) is 0 Å². The Morgan fingerprint density at radius 3 is 1.82 bits per heavy atom. The Bertz CT molecular complexity index is 1340. The van der Waals surface area contributed by atoms with Crippen LogP contribution in [-0.2, 0) is 18.3 Å². The van der Waals surface area contributed by atoms with Crippen LogP contribution in [0.1, 0.15) is 72.9 Å². The van der Waals surface area contributed by atoms with Gasteiger partial charge in [0.1, 0.15) is 0 Å². The van der Waals surface area contributed by atoms with Gasteiger partial charge in [-0.15, -0.1) is 0 Å². The van der Waals surface area contributed by atoms with Gasteiger partial charge in [0, 0.05) is 5.41 Å². The molecule has 0 heteroatoms. The molecule has 0 fully saturated rings. The molecule has 0 nitrogen and oxygen atoms in total. The Hall–Kier alpha value is -3.12. The van der Waals surface area contributed by atoms with Gasteiger partial charge in [0.2, 0.25) is 0 Å². The maximum Gasteiger partial charge on any atom is 0.0296 e. The van der Waals surface area contributed by atoms with Crippen molar-refractivity contribution < 1.29 is 0 Å². The van der Waals surface area contributed by atoms with Gasteiger partial charge in [-0.1, -0.05) is 107 Å². The summed E-state index contributed by atoms with van der Waals surface area (Å²) < 4.78 is 0. The molecule has 0 N–H and O–H groups in total. The number of rotatable bonds is 3. The zero-order chi connectivity index (χ0) is 22.7. The van der Waals surface area contributed by atoms with E-state index in [-0.39, 0.29) is 5.41 Å². The van der Waals surface area contributed by atoms with Crippen molar-refractivity contribution in [3.05, 3.63) is 118 Å². The van der Waals surface area contributed by atoms with E-state index < -0.39 is 0 Å². The predicted octanol–water partition coefficient (Wildman–Crippen LogP) is 8.67. The van der Waals surface area contributed by atoms with E-state index in [0.717, 1.165) is 12.8 Å². The summed E-state index contributed by atoms with van der Waals surface area (Å²) >= 11 is 0. The average Bonchev–Trinajstić information content (AvgIpc) is 3.35. The van der Waals surface area contributed by atoms with Crippen LogP contribution in [-0.4, -0.2) is 0 Å². The van der Waals surface area contributed by atoms with E-state index in [2.05, 4.69) is 113 Å². The highest BCUT2D eigenvalue weighted by molar-refractivity contribution is 5.85. The van der Waals surface area contributed by atoms with Crippen LogP contribution in [0.15, 0.2) is 84.9 Å². The van der Waals surface area contributed by atoms with Gasteiger partial charge < -0.3 is 0 Å². The molecule has 4 aromatic rings. The van der Waals surface area contributed by atoms with Crippen molar-refractivity contribution in [3.63, 3.8) is 0 Å². The molecule has 0 radical (unpaired) electrons. The Balaban J connectivity index is 1.52. The van der Waals surface area contributed by atoms with Crippen LogP contribution in [0.5, 0.6) is 0 Å². The number of benzene rings is 4. The first-order valence-corrected chi connectivity index (χ1v) is 12.4. The first-order valence-electron chi connectivity index (χ1n) is 12.4. The quantitative estimate of drug-likeness (QED) is 0.306. The van der Waals surface area contributed by atoms with Crippen LogP contribution in [0.3, 0.4) is 0 Å². The van der Waals surface area contributed by atoms with Crippen molar-refractivity contribution in [1.82, 2.24) is 0 Å². The zero-order valence-electron chi connectivity index (χ0n) is 20.2. The Kier molecular flexibility index (Phi) is 4.63. The lowest BCUT2D eigenvalue weighted by atomic mass is 9.75. The van der Waals surface area contributed by atoms with E-state index in [0.29, 0.717) is 11.8 Å². The lowest BCUT2D eigenvalue weighted by molar-refractivity contribution is 0.564. The molecule has 0 aliphatic heterocycles. The van der Waals surface area contributed by atoms with Gasteiger partial charge in [-0.2, -0.15) is 0 Å². The van der Waals surface area contributed by atoms with Crippen LogP contribution in [0.2, 0.25) is 0 Å². The monoisotopic (exact) mass is 428 g/mol. The summed E-state index contributed by atoms with van der Waals surface area (Å²) in [4.78, 5) is 0. The average molecular weight is 429 g/mol. The van der Waals surface area contributed by atoms with Crippen molar-refractivity contribution in [2.45, 2.75) is 57.8 Å². The number of hydrogen-bond acceptors (Lipinski definition) is 0. The van der Waals surface area contributed by atoms with Crippen molar-refractivity contribution >= 4 is 0 Å². The Morgan fingerprint density at radius 2 is 1.12 bits per heavy atom. The van der Waals surface area contributed by atoms with Gasteiger partial charge in [-0.3, -0.25) is 0 Å². The molecule has 2 aliphatic rings. The molecule has 4 aromatic carbocycles. The second-order valence-corrected chi connectivity index (χ2v) is 10.7. The molecule has 0 aromatic heterocycles. The molecule has 0 heterocycles. The van der Waals surface area contributed by atoms with E-state index in [1.54, 1.807) is 0 Å². The predicted molar refractivity (Wildman–Crippen MR) is 140 cm³/mol. The molecule has 164 valence electrons. The standard InChI is InChI=1S/C33H32/c1-21(2)27-15-13-23(17-30(27)22(3)4)24-14-16-29-28-11-7-8-12-31(28)33(32(29)18-24)19-25-9-5-6-10-26(25)20-33/h5-18,21-22H,19-20H2,1-4H3. The fourth-order valence-electron chi connectivity index (χ4n) is 6.41. The molecule has 0 amide bonds. The van der Waals surface area contributed by atoms with Crippen LogP contribution < -0.4 is 0 Å². The van der Waals surface area contributed by atoms with E-state index >= 15 is 0 Å². The van der Waals surface area contributed by atoms with Crippen LogP contribution in [0, 0.1) is 0 Å². The Morgan fingerprint density at radius 1 is 0.545 bits per heavy atom. The minimum Gasteiger partial charge on any atom is -0.0620 e. The lowest BCUT2D eigenvalue weighted by Crippen LogP contribution is -2.25. The first-order chi connectivity index (χ1) is 16.0. The van der Waals surface area contributed by atoms with Crippen molar-refractivity contribution in [1.29, 1.82) is 0 Å². The van der Waals surface area contributed by atoms with Crippen LogP contribution >= 0.6 is 0 Å². The molecule has 1 spiro atoms. The summed E-state index contributed by atoms with van der Waals surface area (Å²) in [6.07, 6.45) is 2.19. The van der Waals surface area contributed by atoms with Gasteiger partial charge in [-0.25, -0.2) is 0 Å². The molecule has 0 bridgehead atoms. The molecule has 0 unspecified atom stereocenters. The fraction of sp³-hybridized carbons (Fsp3) is 0.273. The minimum absolute atomic E-state index is 0.0599. The molecular formula is C33H32. The first kappa shape index (κ1) is 20.5. The number of hydrogen-bond donors (Lipinski definition) is 0. The van der Waals surface area contributed by atoms with Crippen LogP contribution in [0.25, 0.3) is 22.3 Å². The van der Waals surface area contributed by atoms with E-state index in [4.69, 9.17) is 0 Å². The highest BCUT2D eigenvalue weighted by Gasteiger charge is 2.46. The Labute approximate surface area is 198 Å². The maximum atomic E-state index is 2.51. The molecule has 0 saturated heterocycles. The summed E-state index contributed by atoms with van der Waals surface area (Å²) in [5.74, 6) is 1.07. The smallest absolute Gasteiger partial charge is 0.0296 e. The molecule has 33 heavy (non-hydrogen) atoms. The summed E-state index contributed by atoms with van der Waals surface area (Å²) in [6.45, 7) is 9.23. The van der Waals surface area contributed by atoms with Gasteiger partial charge in [0.05, 0.1) is 0 Å². The molecular weight excluding hydrogens is 396 g/mol. The molecule has 2 aliphatic carbocycles. The van der Waals surface area contributed by atoms with Gasteiger partial charge >= 0.3 is 0 Å². The largest absolute Gasteiger partial charge is 0.0620 e. The molecule has 6 rings (SSSR count). The summed E-state index contributed by atoms with van der Waals surface area (Å²) in [5.41, 5.74) is 14.6. The van der Waals surface area contributed by atoms with Crippen molar-refractivity contribution in [2.75, 3.05) is 0 Å². The third-order valence-electron chi connectivity index (χ3n) is 8.03. The van der Waals surface area contributed by atoms with Crippen molar-refractivity contribution in [3.8, 4) is 22.3 Å². The zero-order valence-corrected chi connectivity index (χ0v) is 20.2. The SMILES string of the molecule is CC(C)c1ccc(-c2ccc3c(c2)C2(Cc4ccccc4C2)c2ccccc2-3)cc1C(C)C. The highest BCUT2D eigenvalue weighted by Crippen LogP contribution is 2.55. The van der Waals surface area contributed by atoms with Crippen LogP contribution in [0.4, 0.5) is 0 Å². The van der Waals surface area contributed by atoms with Gasteiger partial charge in [0.25, 0.3) is 0 Å². The second-order valence-electron chi connectivity index (χ2n) is 10.7. The van der Waals surface area contributed by atoms with E-state index in [9.17, 15) is 0 Å². The third-order valence-corrected chi connectivity index (χ3v) is 8.03. The fourth-order valence-corrected chi connectivity index (χ4v) is 6.41. The second kappa shape index (κ2) is 7.45. The maximum absolute atomic E-state index is 2.51. The summed E-state index contributed by atoms with van der Waals surface area (Å²) in [5, 5.41) is 0.